The van der Waals surface area contributed by atoms with E-state index in [-0.39, 0.29) is 0 Å². The van der Waals surface area contributed by atoms with Crippen LogP contribution in [0.2, 0.25) is 0 Å². The number of hydrogen-bond acceptors (Lipinski definition) is 0. The molecule has 0 aliphatic heterocycles. The van der Waals surface area contributed by atoms with Crippen molar-refractivity contribution in [2.75, 3.05) is 0 Å². The minimum atomic E-state index is 1.30. The molecule has 0 amide bonds. The fourth-order valence-corrected chi connectivity index (χ4v) is 1.67. The van der Waals surface area contributed by atoms with Gasteiger partial charge in [0.05, 0.1) is 0 Å². The van der Waals surface area contributed by atoms with Crippen LogP contribution in [0.1, 0.15) is 11.1 Å². The maximum atomic E-state index is 2.24. The zero-order valence-electron chi connectivity index (χ0n) is 9.20. The Hall–Kier alpha value is -1.50. The van der Waals surface area contributed by atoms with Crippen LogP contribution in [0.4, 0.5) is 0 Å². The summed E-state index contributed by atoms with van der Waals surface area (Å²) >= 11 is 0. The molecule has 2 rings (SSSR count). The van der Waals surface area contributed by atoms with Crippen LogP contribution >= 0.6 is 0 Å². The van der Waals surface area contributed by atoms with Crippen molar-refractivity contribution in [1.82, 2.24) is 0 Å². The Morgan fingerprint density at radius 3 is 1.47 bits per heavy atom. The van der Waals surface area contributed by atoms with Gasteiger partial charge in [-0.2, -0.15) is 0 Å². The topological polar surface area (TPSA) is 0 Å². The van der Waals surface area contributed by atoms with E-state index in [0.717, 1.165) is 0 Å². The first-order valence-corrected chi connectivity index (χ1v) is 5.23. The minimum absolute atomic E-state index is 1.30. The molecule has 0 fully saturated rings. The van der Waals surface area contributed by atoms with Crippen LogP contribution in [-0.2, 0) is 0 Å². The van der Waals surface area contributed by atoms with Gasteiger partial charge in [-0.3, -0.25) is 0 Å². The summed E-state index contributed by atoms with van der Waals surface area (Å²) in [4.78, 5) is 0. The molecule has 0 spiro atoms. The van der Waals surface area contributed by atoms with Crippen LogP contribution in [-0.4, -0.2) is 7.28 Å². The first kappa shape index (κ1) is 10.0. The third-order valence-electron chi connectivity index (χ3n) is 2.69. The molecule has 1 heteroatoms. The molecule has 0 saturated heterocycles. The molecule has 0 N–H and O–H groups in total. The van der Waals surface area contributed by atoms with E-state index < -0.39 is 0 Å². The first-order chi connectivity index (χ1) is 7.27. The van der Waals surface area contributed by atoms with Gasteiger partial charge in [0.1, 0.15) is 0 Å². The molecular weight excluding hydrogens is 179 g/mol. The molecule has 0 nitrogen and oxygen atoms in total. The smallest absolute Gasteiger partial charge is 0.0786 e. The van der Waals surface area contributed by atoms with Crippen LogP contribution in [0.3, 0.4) is 0 Å². The van der Waals surface area contributed by atoms with Crippen LogP contribution in [0.25, 0.3) is 0 Å². The lowest BCUT2D eigenvalue weighted by atomic mass is 9.61. The third-order valence-corrected chi connectivity index (χ3v) is 2.69. The molecule has 2 aromatic rings. The van der Waals surface area contributed by atoms with Crippen molar-refractivity contribution in [3.8, 4) is 0 Å². The minimum Gasteiger partial charge on any atom is -0.0786 e. The number of rotatable bonds is 2. The van der Waals surface area contributed by atoms with E-state index in [2.05, 4.69) is 69.7 Å². The Morgan fingerprint density at radius 1 is 0.667 bits per heavy atom. The quantitative estimate of drug-likeness (QED) is 0.639. The summed E-state index contributed by atoms with van der Waals surface area (Å²) < 4.78 is 0. The van der Waals surface area contributed by atoms with Crippen molar-refractivity contribution in [2.24, 2.45) is 0 Å². The fraction of sp³-hybridized carbons (Fsp3) is 0.143. The van der Waals surface area contributed by atoms with Crippen molar-refractivity contribution in [3.05, 3.63) is 59.7 Å². The standard InChI is InChI=1S/C14H14B/c1-11-7-3-5-9-13(11)15-14-10-6-4-8-12(14)2/h3-10H,1-2H3. The van der Waals surface area contributed by atoms with Crippen LogP contribution < -0.4 is 10.9 Å². The lowest BCUT2D eigenvalue weighted by molar-refractivity contribution is 1.50. The van der Waals surface area contributed by atoms with Gasteiger partial charge in [0.15, 0.2) is 7.28 Å². The van der Waals surface area contributed by atoms with Gasteiger partial charge in [-0.05, 0) is 13.8 Å². The number of aryl methyl sites for hydroxylation is 2. The second-order valence-electron chi connectivity index (χ2n) is 3.86. The van der Waals surface area contributed by atoms with E-state index in [1.54, 1.807) is 0 Å². The van der Waals surface area contributed by atoms with Gasteiger partial charge in [0, 0.05) is 0 Å². The highest BCUT2D eigenvalue weighted by atomic mass is 13.9. The van der Waals surface area contributed by atoms with Gasteiger partial charge in [-0.25, -0.2) is 0 Å². The van der Waals surface area contributed by atoms with Crippen LogP contribution in [0, 0.1) is 13.8 Å². The zero-order valence-corrected chi connectivity index (χ0v) is 9.20. The molecule has 73 valence electrons. The Morgan fingerprint density at radius 2 is 1.07 bits per heavy atom. The number of benzene rings is 2. The van der Waals surface area contributed by atoms with Crippen LogP contribution in [0.5, 0.6) is 0 Å². The third kappa shape index (κ3) is 2.30. The second-order valence-corrected chi connectivity index (χ2v) is 3.86. The van der Waals surface area contributed by atoms with Crippen molar-refractivity contribution in [2.45, 2.75) is 13.8 Å². The summed E-state index contributed by atoms with van der Waals surface area (Å²) in [5.41, 5.74) is 5.24. The van der Waals surface area contributed by atoms with E-state index >= 15 is 0 Å². The largest absolute Gasteiger partial charge is 0.192 e. The molecule has 1 radical (unpaired) electrons. The second kappa shape index (κ2) is 4.35. The highest BCUT2D eigenvalue weighted by molar-refractivity contribution is 6.68. The monoisotopic (exact) mass is 193 g/mol. The van der Waals surface area contributed by atoms with Crippen molar-refractivity contribution in [1.29, 1.82) is 0 Å². The molecule has 0 atom stereocenters. The molecule has 0 saturated carbocycles. The Bertz CT molecular complexity index is 417. The van der Waals surface area contributed by atoms with E-state index in [0.29, 0.717) is 0 Å². The van der Waals surface area contributed by atoms with Crippen molar-refractivity contribution in [3.63, 3.8) is 0 Å². The van der Waals surface area contributed by atoms with E-state index in [1.165, 1.54) is 22.1 Å². The maximum absolute atomic E-state index is 2.24. The van der Waals surface area contributed by atoms with Gasteiger partial charge in [0.2, 0.25) is 0 Å². The average molecular weight is 193 g/mol. The molecule has 0 aromatic heterocycles. The Labute approximate surface area is 92.2 Å². The van der Waals surface area contributed by atoms with Crippen molar-refractivity contribution >= 4 is 18.2 Å². The SMILES string of the molecule is Cc1ccccc1[B]c1ccccc1C. The van der Waals surface area contributed by atoms with Crippen molar-refractivity contribution < 1.29 is 0 Å². The first-order valence-electron chi connectivity index (χ1n) is 5.23. The molecule has 0 aliphatic carbocycles. The predicted octanol–water partition coefficient (Wildman–Crippen LogP) is 1.96. The Balaban J connectivity index is 2.30. The van der Waals surface area contributed by atoms with E-state index in [1.807, 2.05) is 0 Å². The molecule has 0 unspecified atom stereocenters. The molecule has 0 aliphatic rings. The normalized spacial score (nSPS) is 10.0. The summed E-state index contributed by atoms with van der Waals surface area (Å²) in [5.74, 6) is 0. The highest BCUT2D eigenvalue weighted by Crippen LogP contribution is 1.95. The molecule has 2 aromatic carbocycles. The average Bonchev–Trinajstić information content (AvgIpc) is 2.24. The lowest BCUT2D eigenvalue weighted by Crippen LogP contribution is -2.30. The molecule has 0 bridgehead atoms. The van der Waals surface area contributed by atoms with E-state index in [4.69, 9.17) is 0 Å². The lowest BCUT2D eigenvalue weighted by Gasteiger charge is -2.06. The highest BCUT2D eigenvalue weighted by Gasteiger charge is 2.03. The van der Waals surface area contributed by atoms with Gasteiger partial charge < -0.3 is 0 Å². The zero-order chi connectivity index (χ0) is 10.7. The van der Waals surface area contributed by atoms with E-state index in [9.17, 15) is 0 Å². The summed E-state index contributed by atoms with van der Waals surface area (Å²) in [6.45, 7) is 4.29. The Kier molecular flexibility index (Phi) is 2.91. The van der Waals surface area contributed by atoms with Gasteiger partial charge in [0.25, 0.3) is 0 Å². The van der Waals surface area contributed by atoms with Crippen LogP contribution in [0.15, 0.2) is 48.5 Å². The predicted molar refractivity (Wildman–Crippen MR) is 67.4 cm³/mol. The van der Waals surface area contributed by atoms with Gasteiger partial charge in [-0.1, -0.05) is 70.6 Å². The number of hydrogen-bond donors (Lipinski definition) is 0. The summed E-state index contributed by atoms with van der Waals surface area (Å²) in [6, 6.07) is 16.9. The summed E-state index contributed by atoms with van der Waals surface area (Å²) in [7, 11) is 2.24. The van der Waals surface area contributed by atoms with Gasteiger partial charge >= 0.3 is 0 Å². The molecule has 0 heterocycles. The fourth-order valence-electron chi connectivity index (χ4n) is 1.67. The maximum Gasteiger partial charge on any atom is 0.192 e. The molecule has 15 heavy (non-hydrogen) atoms. The summed E-state index contributed by atoms with van der Waals surface area (Å²) in [6.07, 6.45) is 0. The summed E-state index contributed by atoms with van der Waals surface area (Å²) in [5, 5.41) is 0. The van der Waals surface area contributed by atoms with Gasteiger partial charge in [-0.15, -0.1) is 0 Å². The molecular formula is C14H14B.